The highest BCUT2D eigenvalue weighted by molar-refractivity contribution is 5.73. The zero-order valence-corrected chi connectivity index (χ0v) is 12.4. The lowest BCUT2D eigenvalue weighted by Gasteiger charge is -2.11. The largest absolute Gasteiger partial charge is 0.376 e. The molecule has 1 fully saturated rings. The Morgan fingerprint density at radius 1 is 1.32 bits per heavy atom. The van der Waals surface area contributed by atoms with Gasteiger partial charge in [0.25, 0.3) is 0 Å². The van der Waals surface area contributed by atoms with Crippen molar-refractivity contribution < 1.29 is 9.53 Å². The second kappa shape index (κ2) is 7.09. The summed E-state index contributed by atoms with van der Waals surface area (Å²) in [5.74, 6) is 0. The Balaban J connectivity index is 1.45. The van der Waals surface area contributed by atoms with Gasteiger partial charge < -0.3 is 15.4 Å². The van der Waals surface area contributed by atoms with E-state index in [1.807, 2.05) is 36.5 Å². The average Bonchev–Trinajstić information content (AvgIpc) is 3.23. The molecule has 2 heterocycles. The zero-order chi connectivity index (χ0) is 15.2. The number of amides is 2. The van der Waals surface area contributed by atoms with Crippen molar-refractivity contribution in [2.75, 3.05) is 13.2 Å². The number of para-hydroxylation sites is 1. The third-order valence-corrected chi connectivity index (χ3v) is 3.62. The maximum Gasteiger partial charge on any atom is 0.315 e. The third-order valence-electron chi connectivity index (χ3n) is 3.62. The highest BCUT2D eigenvalue weighted by atomic mass is 16.5. The number of hydrogen-bond acceptors (Lipinski definition) is 3. The number of benzene rings is 1. The predicted octanol–water partition coefficient (Wildman–Crippen LogP) is 1.85. The van der Waals surface area contributed by atoms with Crippen LogP contribution in [0.15, 0.2) is 42.7 Å². The van der Waals surface area contributed by atoms with Crippen LogP contribution in [0, 0.1) is 0 Å². The van der Waals surface area contributed by atoms with Gasteiger partial charge in [-0.15, -0.1) is 0 Å². The number of aromatic nitrogens is 2. The molecule has 6 nitrogen and oxygen atoms in total. The van der Waals surface area contributed by atoms with Crippen LogP contribution in [0.4, 0.5) is 4.79 Å². The lowest BCUT2D eigenvalue weighted by atomic mass is 10.2. The van der Waals surface area contributed by atoms with Gasteiger partial charge in [0.1, 0.15) is 0 Å². The van der Waals surface area contributed by atoms with E-state index in [2.05, 4.69) is 15.7 Å². The first-order valence-electron chi connectivity index (χ1n) is 7.53. The van der Waals surface area contributed by atoms with Crippen LogP contribution in [0.2, 0.25) is 0 Å². The lowest BCUT2D eigenvalue weighted by molar-refractivity contribution is 0.111. The minimum Gasteiger partial charge on any atom is -0.376 e. The molecule has 3 rings (SSSR count). The van der Waals surface area contributed by atoms with Gasteiger partial charge in [0.05, 0.1) is 18.0 Å². The number of carbonyl (C=O) groups is 1. The Morgan fingerprint density at radius 2 is 2.18 bits per heavy atom. The smallest absolute Gasteiger partial charge is 0.315 e. The van der Waals surface area contributed by atoms with Crippen LogP contribution < -0.4 is 10.6 Å². The summed E-state index contributed by atoms with van der Waals surface area (Å²) in [5, 5.41) is 9.96. The van der Waals surface area contributed by atoms with Crippen molar-refractivity contribution in [2.45, 2.75) is 25.5 Å². The van der Waals surface area contributed by atoms with Crippen molar-refractivity contribution in [1.82, 2.24) is 20.4 Å². The zero-order valence-electron chi connectivity index (χ0n) is 12.4. The van der Waals surface area contributed by atoms with Gasteiger partial charge in [0.2, 0.25) is 0 Å². The SMILES string of the molecule is O=C(NCc1cnn(-c2ccccc2)c1)NC[C@H]1CCCO1. The van der Waals surface area contributed by atoms with E-state index in [0.717, 1.165) is 30.7 Å². The molecule has 0 unspecified atom stereocenters. The van der Waals surface area contributed by atoms with Gasteiger partial charge >= 0.3 is 6.03 Å². The number of hydrogen-bond donors (Lipinski definition) is 2. The van der Waals surface area contributed by atoms with Gasteiger partial charge in [-0.2, -0.15) is 5.10 Å². The molecular weight excluding hydrogens is 280 g/mol. The van der Waals surface area contributed by atoms with Crippen LogP contribution in [0.1, 0.15) is 18.4 Å². The fourth-order valence-electron chi connectivity index (χ4n) is 2.43. The average molecular weight is 300 g/mol. The molecule has 1 aromatic carbocycles. The van der Waals surface area contributed by atoms with E-state index in [1.165, 1.54) is 0 Å². The molecule has 0 saturated carbocycles. The molecule has 6 heteroatoms. The van der Waals surface area contributed by atoms with Crippen molar-refractivity contribution in [3.63, 3.8) is 0 Å². The highest BCUT2D eigenvalue weighted by Gasteiger charge is 2.15. The molecule has 2 N–H and O–H groups in total. The van der Waals surface area contributed by atoms with Gasteiger partial charge in [0.15, 0.2) is 0 Å². The molecule has 1 aromatic heterocycles. The van der Waals surface area contributed by atoms with E-state index >= 15 is 0 Å². The van der Waals surface area contributed by atoms with E-state index in [-0.39, 0.29) is 12.1 Å². The predicted molar refractivity (Wildman–Crippen MR) is 82.8 cm³/mol. The molecule has 1 aliphatic heterocycles. The van der Waals surface area contributed by atoms with Crippen LogP contribution >= 0.6 is 0 Å². The maximum absolute atomic E-state index is 11.7. The van der Waals surface area contributed by atoms with E-state index < -0.39 is 0 Å². The van der Waals surface area contributed by atoms with Crippen LogP contribution in [0.25, 0.3) is 5.69 Å². The van der Waals surface area contributed by atoms with Crippen molar-refractivity contribution in [1.29, 1.82) is 0 Å². The van der Waals surface area contributed by atoms with E-state index in [9.17, 15) is 4.79 Å². The summed E-state index contributed by atoms with van der Waals surface area (Å²) in [5.41, 5.74) is 1.95. The first-order chi connectivity index (χ1) is 10.8. The Labute approximate surface area is 129 Å². The minimum atomic E-state index is -0.178. The summed E-state index contributed by atoms with van der Waals surface area (Å²) in [6.07, 6.45) is 5.92. The molecule has 116 valence electrons. The molecule has 2 aromatic rings. The molecule has 0 radical (unpaired) electrons. The number of ether oxygens (including phenoxy) is 1. The molecule has 2 amide bonds. The molecule has 1 aliphatic rings. The first-order valence-corrected chi connectivity index (χ1v) is 7.53. The number of urea groups is 1. The summed E-state index contributed by atoms with van der Waals surface area (Å²) < 4.78 is 7.26. The quantitative estimate of drug-likeness (QED) is 0.885. The van der Waals surface area contributed by atoms with E-state index in [1.54, 1.807) is 10.9 Å². The number of rotatable bonds is 5. The van der Waals surface area contributed by atoms with Crippen molar-refractivity contribution in [3.05, 3.63) is 48.3 Å². The molecule has 1 saturated heterocycles. The summed E-state index contributed by atoms with van der Waals surface area (Å²) in [4.78, 5) is 11.7. The van der Waals surface area contributed by atoms with Crippen molar-refractivity contribution >= 4 is 6.03 Å². The van der Waals surface area contributed by atoms with Crippen LogP contribution in [0.5, 0.6) is 0 Å². The molecule has 0 aliphatic carbocycles. The topological polar surface area (TPSA) is 68.2 Å². The standard InChI is InChI=1S/C16H20N4O2/c21-16(18-11-15-7-4-8-22-15)17-9-13-10-19-20(12-13)14-5-2-1-3-6-14/h1-3,5-6,10,12,15H,4,7-9,11H2,(H2,17,18,21)/t15-/m1/s1. The van der Waals surface area contributed by atoms with Gasteiger partial charge in [-0.3, -0.25) is 0 Å². The lowest BCUT2D eigenvalue weighted by Crippen LogP contribution is -2.39. The number of nitrogens with zero attached hydrogens (tertiary/aromatic N) is 2. The molecule has 0 bridgehead atoms. The Bertz CT molecular complexity index is 606. The molecule has 0 spiro atoms. The van der Waals surface area contributed by atoms with E-state index in [0.29, 0.717) is 13.1 Å². The third kappa shape index (κ3) is 3.85. The van der Waals surface area contributed by atoms with Gasteiger partial charge in [-0.25, -0.2) is 9.48 Å². The number of carbonyl (C=O) groups excluding carboxylic acids is 1. The Kier molecular flexibility index (Phi) is 4.70. The van der Waals surface area contributed by atoms with Crippen LogP contribution in [-0.2, 0) is 11.3 Å². The second-order valence-corrected chi connectivity index (χ2v) is 5.33. The van der Waals surface area contributed by atoms with Crippen LogP contribution in [-0.4, -0.2) is 35.1 Å². The fourth-order valence-corrected chi connectivity index (χ4v) is 2.43. The second-order valence-electron chi connectivity index (χ2n) is 5.33. The van der Waals surface area contributed by atoms with Crippen LogP contribution in [0.3, 0.4) is 0 Å². The first kappa shape index (κ1) is 14.6. The summed E-state index contributed by atoms with van der Waals surface area (Å²) in [7, 11) is 0. The van der Waals surface area contributed by atoms with Gasteiger partial charge in [-0.05, 0) is 25.0 Å². The summed E-state index contributed by atoms with van der Waals surface area (Å²) in [6, 6.07) is 9.69. The highest BCUT2D eigenvalue weighted by Crippen LogP contribution is 2.10. The Morgan fingerprint density at radius 3 is 2.95 bits per heavy atom. The van der Waals surface area contributed by atoms with Gasteiger partial charge in [0, 0.05) is 31.5 Å². The summed E-state index contributed by atoms with van der Waals surface area (Å²) >= 11 is 0. The Hall–Kier alpha value is -2.34. The fraction of sp³-hybridized carbons (Fsp3) is 0.375. The van der Waals surface area contributed by atoms with E-state index in [4.69, 9.17) is 4.74 Å². The van der Waals surface area contributed by atoms with Crippen molar-refractivity contribution in [2.24, 2.45) is 0 Å². The monoisotopic (exact) mass is 300 g/mol. The molecule has 22 heavy (non-hydrogen) atoms. The maximum atomic E-state index is 11.7. The number of nitrogens with one attached hydrogen (secondary N) is 2. The van der Waals surface area contributed by atoms with Crippen molar-refractivity contribution in [3.8, 4) is 5.69 Å². The minimum absolute atomic E-state index is 0.159. The normalized spacial score (nSPS) is 17.4. The molecule has 1 atom stereocenters. The van der Waals surface area contributed by atoms with Gasteiger partial charge in [-0.1, -0.05) is 18.2 Å². The molecular formula is C16H20N4O2. The summed E-state index contributed by atoms with van der Waals surface area (Å²) in [6.45, 7) is 1.81.